The number of ether oxygens (including phenoxy) is 3. The highest BCUT2D eigenvalue weighted by molar-refractivity contribution is 6.13. The number of fused-ring (bicyclic) bond motifs is 1. The minimum Gasteiger partial charge on any atom is -0.497 e. The van der Waals surface area contributed by atoms with Crippen LogP contribution >= 0.6 is 0 Å². The van der Waals surface area contributed by atoms with E-state index in [1.807, 2.05) is 0 Å². The van der Waals surface area contributed by atoms with Crippen LogP contribution in [0.5, 0.6) is 17.2 Å². The monoisotopic (exact) mass is 354 g/mol. The summed E-state index contributed by atoms with van der Waals surface area (Å²) in [4.78, 5) is 26.8. The molecule has 0 unspecified atom stereocenters. The zero-order chi connectivity index (χ0) is 18.1. The topological polar surface area (TPSA) is 77.1 Å². The number of anilines is 2. The lowest BCUT2D eigenvalue weighted by Gasteiger charge is -2.17. The molecule has 0 spiro atoms. The molecular weight excluding hydrogens is 336 g/mol. The number of nitrogens with one attached hydrogen (secondary N) is 1. The number of hydrogen-bond acceptors (Lipinski definition) is 5. The largest absolute Gasteiger partial charge is 0.497 e. The van der Waals surface area contributed by atoms with E-state index < -0.39 is 5.92 Å². The second-order valence-corrected chi connectivity index (χ2v) is 6.09. The molecular formula is C19H18N2O5. The standard InChI is InChI=1S/C19H18N2O5/c1-24-14-5-2-12(3-6-14)20-18(22)15-8-9-21(19(15)23)13-4-7-16-17(10-13)26-11-25-16/h2-7,10,15H,8-9,11H2,1H3,(H,20,22)/t15-/m0/s1. The summed E-state index contributed by atoms with van der Waals surface area (Å²) in [6.07, 6.45) is 0.468. The Labute approximate surface area is 150 Å². The molecule has 7 heteroatoms. The van der Waals surface area contributed by atoms with Crippen molar-refractivity contribution in [1.82, 2.24) is 0 Å². The zero-order valence-electron chi connectivity index (χ0n) is 14.2. The second kappa shape index (κ2) is 6.59. The first-order valence-corrected chi connectivity index (χ1v) is 8.31. The van der Waals surface area contributed by atoms with Crippen LogP contribution in [0.4, 0.5) is 11.4 Å². The molecule has 1 saturated heterocycles. The van der Waals surface area contributed by atoms with Gasteiger partial charge in [-0.2, -0.15) is 0 Å². The van der Waals surface area contributed by atoms with E-state index in [2.05, 4.69) is 5.32 Å². The fourth-order valence-corrected chi connectivity index (χ4v) is 3.14. The maximum atomic E-state index is 12.7. The van der Waals surface area contributed by atoms with Gasteiger partial charge in [0.25, 0.3) is 0 Å². The van der Waals surface area contributed by atoms with Gasteiger partial charge in [0.2, 0.25) is 18.6 Å². The van der Waals surface area contributed by atoms with Gasteiger partial charge in [0.1, 0.15) is 11.7 Å². The molecule has 4 rings (SSSR count). The lowest BCUT2D eigenvalue weighted by molar-refractivity contribution is -0.129. The van der Waals surface area contributed by atoms with Crippen LogP contribution in [0.2, 0.25) is 0 Å². The highest BCUT2D eigenvalue weighted by Crippen LogP contribution is 2.37. The van der Waals surface area contributed by atoms with Crippen molar-refractivity contribution in [2.24, 2.45) is 5.92 Å². The fraction of sp³-hybridized carbons (Fsp3) is 0.263. The Kier molecular flexibility index (Phi) is 4.12. The summed E-state index contributed by atoms with van der Waals surface area (Å²) < 4.78 is 15.7. The first-order chi connectivity index (χ1) is 12.7. The third-order valence-corrected chi connectivity index (χ3v) is 4.55. The molecule has 1 fully saturated rings. The Bertz CT molecular complexity index is 850. The summed E-state index contributed by atoms with van der Waals surface area (Å²) in [5.41, 5.74) is 1.34. The number of amides is 2. The maximum absolute atomic E-state index is 12.7. The summed E-state index contributed by atoms with van der Waals surface area (Å²) in [7, 11) is 1.58. The van der Waals surface area contributed by atoms with Crippen LogP contribution < -0.4 is 24.4 Å². The number of methoxy groups -OCH3 is 1. The molecule has 1 atom stereocenters. The summed E-state index contributed by atoms with van der Waals surface area (Å²) in [6.45, 7) is 0.665. The predicted octanol–water partition coefficient (Wildman–Crippen LogP) is 2.42. The van der Waals surface area contributed by atoms with Gasteiger partial charge in [-0.05, 0) is 42.8 Å². The molecule has 7 nitrogen and oxygen atoms in total. The minimum atomic E-state index is -0.706. The Morgan fingerprint density at radius 3 is 2.69 bits per heavy atom. The van der Waals surface area contributed by atoms with Crippen molar-refractivity contribution in [3.63, 3.8) is 0 Å². The highest BCUT2D eigenvalue weighted by atomic mass is 16.7. The van der Waals surface area contributed by atoms with Gasteiger partial charge in [0, 0.05) is 24.0 Å². The molecule has 1 N–H and O–H groups in total. The Balaban J connectivity index is 1.45. The van der Waals surface area contributed by atoms with E-state index in [9.17, 15) is 9.59 Å². The highest BCUT2D eigenvalue weighted by Gasteiger charge is 2.38. The Morgan fingerprint density at radius 2 is 1.92 bits per heavy atom. The molecule has 2 aromatic carbocycles. The van der Waals surface area contributed by atoms with Gasteiger partial charge >= 0.3 is 0 Å². The molecule has 2 heterocycles. The number of rotatable bonds is 4. The molecule has 2 aromatic rings. The van der Waals surface area contributed by atoms with Crippen LogP contribution in [0, 0.1) is 5.92 Å². The van der Waals surface area contributed by atoms with E-state index in [1.54, 1.807) is 54.5 Å². The van der Waals surface area contributed by atoms with Crippen molar-refractivity contribution in [2.75, 3.05) is 30.7 Å². The van der Waals surface area contributed by atoms with Gasteiger partial charge < -0.3 is 24.4 Å². The van der Waals surface area contributed by atoms with E-state index in [4.69, 9.17) is 14.2 Å². The molecule has 0 aliphatic carbocycles. The lowest BCUT2D eigenvalue weighted by atomic mass is 10.1. The van der Waals surface area contributed by atoms with Gasteiger partial charge in [-0.15, -0.1) is 0 Å². The van der Waals surface area contributed by atoms with Gasteiger partial charge in [-0.3, -0.25) is 9.59 Å². The zero-order valence-corrected chi connectivity index (χ0v) is 14.2. The quantitative estimate of drug-likeness (QED) is 0.854. The van der Waals surface area contributed by atoms with E-state index in [-0.39, 0.29) is 18.6 Å². The van der Waals surface area contributed by atoms with Crippen molar-refractivity contribution >= 4 is 23.2 Å². The number of carbonyl (C=O) groups is 2. The second-order valence-electron chi connectivity index (χ2n) is 6.09. The predicted molar refractivity (Wildman–Crippen MR) is 94.6 cm³/mol. The van der Waals surface area contributed by atoms with Gasteiger partial charge in [-0.1, -0.05) is 0 Å². The first-order valence-electron chi connectivity index (χ1n) is 8.31. The van der Waals surface area contributed by atoms with Crippen LogP contribution in [-0.2, 0) is 9.59 Å². The van der Waals surface area contributed by atoms with Crippen LogP contribution in [0.25, 0.3) is 0 Å². The smallest absolute Gasteiger partial charge is 0.239 e. The van der Waals surface area contributed by atoms with E-state index >= 15 is 0 Å². The SMILES string of the molecule is COc1ccc(NC(=O)[C@@H]2CCN(c3ccc4c(c3)OCO4)C2=O)cc1. The summed E-state index contributed by atoms with van der Waals surface area (Å²) in [5, 5.41) is 2.79. The number of carbonyl (C=O) groups excluding carboxylic acids is 2. The van der Waals surface area contributed by atoms with Crippen molar-refractivity contribution < 1.29 is 23.8 Å². The van der Waals surface area contributed by atoms with Gasteiger partial charge in [-0.25, -0.2) is 0 Å². The number of hydrogen-bond donors (Lipinski definition) is 1. The molecule has 2 aliphatic rings. The fourth-order valence-electron chi connectivity index (χ4n) is 3.14. The molecule has 2 amide bonds. The van der Waals surface area contributed by atoms with Crippen molar-refractivity contribution in [1.29, 1.82) is 0 Å². The summed E-state index contributed by atoms with van der Waals surface area (Å²) >= 11 is 0. The molecule has 0 saturated carbocycles. The van der Waals surface area contributed by atoms with E-state index in [0.717, 1.165) is 0 Å². The molecule has 0 radical (unpaired) electrons. The molecule has 2 aliphatic heterocycles. The first kappa shape index (κ1) is 16.3. The third-order valence-electron chi connectivity index (χ3n) is 4.55. The van der Waals surface area contributed by atoms with Crippen LogP contribution in [0.15, 0.2) is 42.5 Å². The average Bonchev–Trinajstić information content (AvgIpc) is 3.28. The molecule has 26 heavy (non-hydrogen) atoms. The van der Waals surface area contributed by atoms with Crippen LogP contribution in [0.3, 0.4) is 0 Å². The van der Waals surface area contributed by atoms with Crippen molar-refractivity contribution in [3.8, 4) is 17.2 Å². The molecule has 134 valence electrons. The maximum Gasteiger partial charge on any atom is 0.239 e. The number of nitrogens with zero attached hydrogens (tertiary/aromatic N) is 1. The van der Waals surface area contributed by atoms with Crippen molar-refractivity contribution in [2.45, 2.75) is 6.42 Å². The van der Waals surface area contributed by atoms with Crippen LogP contribution in [0.1, 0.15) is 6.42 Å². The summed E-state index contributed by atoms with van der Waals surface area (Å²) in [6, 6.07) is 12.3. The Hall–Kier alpha value is -3.22. The van der Waals surface area contributed by atoms with E-state index in [0.29, 0.717) is 41.6 Å². The number of benzene rings is 2. The lowest BCUT2D eigenvalue weighted by Crippen LogP contribution is -2.33. The third kappa shape index (κ3) is 2.92. The molecule has 0 bridgehead atoms. The normalized spacial score (nSPS) is 18.1. The van der Waals surface area contributed by atoms with Crippen LogP contribution in [-0.4, -0.2) is 32.3 Å². The van der Waals surface area contributed by atoms with Crippen molar-refractivity contribution in [3.05, 3.63) is 42.5 Å². The minimum absolute atomic E-state index is 0.180. The van der Waals surface area contributed by atoms with Gasteiger partial charge in [0.15, 0.2) is 11.5 Å². The summed E-state index contributed by atoms with van der Waals surface area (Å²) in [5.74, 6) is 0.755. The van der Waals surface area contributed by atoms with E-state index in [1.165, 1.54) is 0 Å². The Morgan fingerprint density at radius 1 is 1.15 bits per heavy atom. The molecule has 0 aromatic heterocycles. The van der Waals surface area contributed by atoms with Gasteiger partial charge in [0.05, 0.1) is 7.11 Å². The average molecular weight is 354 g/mol.